The van der Waals surface area contributed by atoms with E-state index >= 15 is 0 Å². The SMILES string of the molecule is CCOCCn1c(=NC(=O)c2ccc(C#N)cc2)sc2cc(OC)c(OC)cc21. The van der Waals surface area contributed by atoms with Crippen LogP contribution in [0.5, 0.6) is 11.5 Å². The van der Waals surface area contributed by atoms with Crippen molar-refractivity contribution in [2.45, 2.75) is 13.5 Å². The highest BCUT2D eigenvalue weighted by Gasteiger charge is 2.14. The molecule has 7 nitrogen and oxygen atoms in total. The van der Waals surface area contributed by atoms with Gasteiger partial charge in [-0.25, -0.2) is 0 Å². The van der Waals surface area contributed by atoms with Crippen molar-refractivity contribution in [2.24, 2.45) is 4.99 Å². The molecule has 0 aliphatic heterocycles. The Labute approximate surface area is 172 Å². The summed E-state index contributed by atoms with van der Waals surface area (Å²) < 4.78 is 19.2. The fourth-order valence-electron chi connectivity index (χ4n) is 2.84. The molecular weight excluding hydrogens is 390 g/mol. The van der Waals surface area contributed by atoms with Crippen LogP contribution < -0.4 is 14.3 Å². The number of fused-ring (bicyclic) bond motifs is 1. The third kappa shape index (κ3) is 4.47. The molecule has 0 bridgehead atoms. The van der Waals surface area contributed by atoms with Crippen molar-refractivity contribution < 1.29 is 19.0 Å². The molecular formula is C21H21N3O4S. The van der Waals surface area contributed by atoms with Crippen LogP contribution in [-0.4, -0.2) is 37.9 Å². The summed E-state index contributed by atoms with van der Waals surface area (Å²) in [4.78, 5) is 17.6. The molecule has 0 atom stereocenters. The van der Waals surface area contributed by atoms with E-state index in [2.05, 4.69) is 4.99 Å². The van der Waals surface area contributed by atoms with Gasteiger partial charge < -0.3 is 18.8 Å². The number of aromatic nitrogens is 1. The minimum atomic E-state index is -0.370. The zero-order valence-electron chi connectivity index (χ0n) is 16.5. The van der Waals surface area contributed by atoms with Gasteiger partial charge >= 0.3 is 0 Å². The van der Waals surface area contributed by atoms with E-state index in [-0.39, 0.29) is 5.91 Å². The predicted molar refractivity (Wildman–Crippen MR) is 110 cm³/mol. The largest absolute Gasteiger partial charge is 0.493 e. The van der Waals surface area contributed by atoms with E-state index in [1.165, 1.54) is 11.3 Å². The summed E-state index contributed by atoms with van der Waals surface area (Å²) >= 11 is 1.39. The lowest BCUT2D eigenvalue weighted by Crippen LogP contribution is -2.19. The predicted octanol–water partition coefficient (Wildman–Crippen LogP) is 3.37. The highest BCUT2D eigenvalue weighted by molar-refractivity contribution is 7.16. The number of nitriles is 1. The van der Waals surface area contributed by atoms with Crippen LogP contribution >= 0.6 is 11.3 Å². The van der Waals surface area contributed by atoms with Crippen LogP contribution in [0, 0.1) is 11.3 Å². The van der Waals surface area contributed by atoms with Crippen LogP contribution in [-0.2, 0) is 11.3 Å². The quantitative estimate of drug-likeness (QED) is 0.557. The lowest BCUT2D eigenvalue weighted by atomic mass is 10.1. The summed E-state index contributed by atoms with van der Waals surface area (Å²) in [5.41, 5.74) is 1.81. The van der Waals surface area contributed by atoms with Gasteiger partial charge in [0.1, 0.15) is 0 Å². The molecule has 0 fully saturated rings. The van der Waals surface area contributed by atoms with E-state index in [0.717, 1.165) is 10.2 Å². The summed E-state index contributed by atoms with van der Waals surface area (Å²) in [6.45, 7) is 3.58. The van der Waals surface area contributed by atoms with E-state index in [0.29, 0.717) is 47.2 Å². The van der Waals surface area contributed by atoms with Crippen LogP contribution in [0.1, 0.15) is 22.8 Å². The lowest BCUT2D eigenvalue weighted by Gasteiger charge is -2.09. The summed E-state index contributed by atoms with van der Waals surface area (Å²) in [6.07, 6.45) is 0. The standard InChI is InChI=1S/C21H21N3O4S/c1-4-28-10-9-24-16-11-17(26-2)18(27-3)12-19(16)29-21(24)23-20(25)15-7-5-14(13-22)6-8-15/h5-8,11-12H,4,9-10H2,1-3H3. The Bertz CT molecular complexity index is 1120. The van der Waals surface area contributed by atoms with Crippen molar-refractivity contribution >= 4 is 27.5 Å². The number of nitrogens with zero attached hydrogens (tertiary/aromatic N) is 3. The molecule has 3 aromatic rings. The first kappa shape index (κ1) is 20.6. The molecule has 0 aliphatic carbocycles. The van der Waals surface area contributed by atoms with Crippen molar-refractivity contribution in [3.8, 4) is 17.6 Å². The normalized spacial score (nSPS) is 11.4. The number of hydrogen-bond acceptors (Lipinski definition) is 6. The average molecular weight is 411 g/mol. The van der Waals surface area contributed by atoms with Gasteiger partial charge in [0.25, 0.3) is 5.91 Å². The van der Waals surface area contributed by atoms with Gasteiger partial charge in [-0.15, -0.1) is 0 Å². The number of methoxy groups -OCH3 is 2. The van der Waals surface area contributed by atoms with Gasteiger partial charge in [0, 0.05) is 30.8 Å². The molecule has 1 aromatic heterocycles. The lowest BCUT2D eigenvalue weighted by molar-refractivity contribution is 0.0996. The number of carbonyl (C=O) groups excluding carboxylic acids is 1. The molecule has 0 saturated carbocycles. The highest BCUT2D eigenvalue weighted by atomic mass is 32.1. The van der Waals surface area contributed by atoms with Crippen LogP contribution in [0.25, 0.3) is 10.2 Å². The first-order valence-electron chi connectivity index (χ1n) is 9.03. The maximum atomic E-state index is 12.7. The zero-order valence-corrected chi connectivity index (χ0v) is 17.3. The molecule has 0 aliphatic rings. The van der Waals surface area contributed by atoms with Gasteiger partial charge in [0.2, 0.25) is 0 Å². The maximum Gasteiger partial charge on any atom is 0.279 e. The molecule has 1 heterocycles. The number of carbonyl (C=O) groups is 1. The molecule has 0 saturated heterocycles. The summed E-state index contributed by atoms with van der Waals surface area (Å²) in [7, 11) is 3.17. The topological polar surface area (TPSA) is 85.8 Å². The maximum absolute atomic E-state index is 12.7. The van der Waals surface area contributed by atoms with Crippen LogP contribution in [0.3, 0.4) is 0 Å². The fraction of sp³-hybridized carbons (Fsp3) is 0.286. The summed E-state index contributed by atoms with van der Waals surface area (Å²) in [6, 6.07) is 12.2. The summed E-state index contributed by atoms with van der Waals surface area (Å²) in [5.74, 6) is 0.848. The number of thiazole rings is 1. The van der Waals surface area contributed by atoms with Crippen molar-refractivity contribution in [1.29, 1.82) is 5.26 Å². The van der Waals surface area contributed by atoms with E-state index < -0.39 is 0 Å². The minimum absolute atomic E-state index is 0.370. The first-order valence-corrected chi connectivity index (χ1v) is 9.85. The molecule has 0 N–H and O–H groups in total. The minimum Gasteiger partial charge on any atom is -0.493 e. The van der Waals surface area contributed by atoms with Gasteiger partial charge in [-0.2, -0.15) is 10.3 Å². The van der Waals surface area contributed by atoms with Gasteiger partial charge in [-0.3, -0.25) is 4.79 Å². The Morgan fingerprint density at radius 3 is 2.48 bits per heavy atom. The first-order chi connectivity index (χ1) is 14.1. The average Bonchev–Trinajstić information content (AvgIpc) is 3.08. The van der Waals surface area contributed by atoms with Gasteiger partial charge in [0.15, 0.2) is 16.3 Å². The molecule has 0 unspecified atom stereocenters. The molecule has 8 heteroatoms. The number of rotatable bonds is 7. The molecule has 0 spiro atoms. The Morgan fingerprint density at radius 2 is 1.86 bits per heavy atom. The molecule has 0 radical (unpaired) electrons. The number of ether oxygens (including phenoxy) is 3. The third-order valence-electron chi connectivity index (χ3n) is 4.31. The Hall–Kier alpha value is -3.15. The van der Waals surface area contributed by atoms with Gasteiger partial charge in [-0.1, -0.05) is 11.3 Å². The van der Waals surface area contributed by atoms with Crippen LogP contribution in [0.15, 0.2) is 41.4 Å². The molecule has 29 heavy (non-hydrogen) atoms. The van der Waals surface area contributed by atoms with E-state index in [1.807, 2.05) is 29.7 Å². The van der Waals surface area contributed by atoms with Crippen molar-refractivity contribution in [2.75, 3.05) is 27.4 Å². The molecule has 2 aromatic carbocycles. The zero-order chi connectivity index (χ0) is 20.8. The van der Waals surface area contributed by atoms with E-state index in [1.54, 1.807) is 38.5 Å². The van der Waals surface area contributed by atoms with Crippen LogP contribution in [0.4, 0.5) is 0 Å². The monoisotopic (exact) mass is 411 g/mol. The highest BCUT2D eigenvalue weighted by Crippen LogP contribution is 2.33. The summed E-state index contributed by atoms with van der Waals surface area (Å²) in [5, 5.41) is 8.92. The second kappa shape index (κ2) is 9.37. The van der Waals surface area contributed by atoms with E-state index in [9.17, 15) is 4.79 Å². The van der Waals surface area contributed by atoms with E-state index in [4.69, 9.17) is 19.5 Å². The van der Waals surface area contributed by atoms with Gasteiger partial charge in [-0.05, 0) is 31.2 Å². The smallest absolute Gasteiger partial charge is 0.279 e. The van der Waals surface area contributed by atoms with Crippen molar-refractivity contribution in [1.82, 2.24) is 4.57 Å². The number of amides is 1. The molecule has 1 amide bonds. The molecule has 3 rings (SSSR count). The second-order valence-electron chi connectivity index (χ2n) is 6.01. The number of hydrogen-bond donors (Lipinski definition) is 0. The number of benzene rings is 2. The fourth-order valence-corrected chi connectivity index (χ4v) is 3.90. The Morgan fingerprint density at radius 1 is 1.17 bits per heavy atom. The van der Waals surface area contributed by atoms with Crippen molar-refractivity contribution in [3.63, 3.8) is 0 Å². The van der Waals surface area contributed by atoms with Gasteiger partial charge in [0.05, 0.1) is 42.7 Å². The Balaban J connectivity index is 2.10. The second-order valence-corrected chi connectivity index (χ2v) is 7.02. The van der Waals surface area contributed by atoms with Crippen molar-refractivity contribution in [3.05, 3.63) is 52.3 Å². The molecule has 150 valence electrons. The third-order valence-corrected chi connectivity index (χ3v) is 5.35. The van der Waals surface area contributed by atoms with Crippen LogP contribution in [0.2, 0.25) is 0 Å². The Kier molecular flexibility index (Phi) is 6.65.